The van der Waals surface area contributed by atoms with Crippen molar-refractivity contribution >= 4 is 37.6 Å². The number of aryl methyl sites for hydroxylation is 2. The van der Waals surface area contributed by atoms with E-state index in [0.717, 1.165) is 27.5 Å². The topological polar surface area (TPSA) is 61.8 Å². The van der Waals surface area contributed by atoms with Crippen LogP contribution in [0.3, 0.4) is 0 Å². The molecule has 1 aliphatic carbocycles. The van der Waals surface area contributed by atoms with Crippen LogP contribution in [0, 0.1) is 31.0 Å². The molecule has 2 aromatic rings. The van der Waals surface area contributed by atoms with Crippen molar-refractivity contribution in [2.75, 3.05) is 4.43 Å². The summed E-state index contributed by atoms with van der Waals surface area (Å²) < 4.78 is 32.9. The first-order valence-corrected chi connectivity index (χ1v) is 15.1. The zero-order chi connectivity index (χ0) is 24.4. The minimum absolute atomic E-state index is 0.0770. The molecule has 2 fully saturated rings. The number of esters is 1. The van der Waals surface area contributed by atoms with Crippen LogP contribution in [0.5, 0.6) is 11.5 Å². The molecule has 5 rings (SSSR count). The second kappa shape index (κ2) is 8.45. The summed E-state index contributed by atoms with van der Waals surface area (Å²) in [6, 6.07) is 9.53. The average Bonchev–Trinajstić information content (AvgIpc) is 3.13. The van der Waals surface area contributed by atoms with Crippen LogP contribution in [0.25, 0.3) is 5.57 Å². The second-order valence-corrected chi connectivity index (χ2v) is 15.3. The summed E-state index contributed by atoms with van der Waals surface area (Å²) in [6.07, 6.45) is 0.510. The summed E-state index contributed by atoms with van der Waals surface area (Å²) in [5.74, 6) is 0.712. The van der Waals surface area contributed by atoms with Gasteiger partial charge in [-0.05, 0) is 0 Å². The Bertz CT molecular complexity index is 1190. The molecule has 0 N–H and O–H groups in total. The summed E-state index contributed by atoms with van der Waals surface area (Å²) in [5, 5.41) is 0. The predicted octanol–water partition coefficient (Wildman–Crippen LogP) is 6.33. The average molecular weight is 578 g/mol. The number of fused-ring (bicyclic) bond motifs is 3. The SMILES string of the molecule is Cc1cc(Oc2ccc(F)cc2)cc(C)c1C1=C(OC(=O)C(C)(C)C)[C@@H]2C3CCI3O[C@@H]2C1=O. The van der Waals surface area contributed by atoms with Gasteiger partial charge >= 0.3 is 197 Å². The van der Waals surface area contributed by atoms with Crippen molar-refractivity contribution in [3.05, 3.63) is 64.7 Å². The molecule has 2 saturated heterocycles. The van der Waals surface area contributed by atoms with E-state index >= 15 is 0 Å². The summed E-state index contributed by atoms with van der Waals surface area (Å²) in [5.41, 5.74) is 2.24. The molecule has 0 aromatic heterocycles. The van der Waals surface area contributed by atoms with Crippen LogP contribution < -0.4 is 4.74 Å². The van der Waals surface area contributed by atoms with Crippen molar-refractivity contribution in [2.45, 2.75) is 51.1 Å². The number of ketones is 1. The Morgan fingerprint density at radius 3 is 2.29 bits per heavy atom. The monoisotopic (exact) mass is 578 g/mol. The molecule has 2 aromatic carbocycles. The van der Waals surface area contributed by atoms with Gasteiger partial charge in [0, 0.05) is 0 Å². The third-order valence-corrected chi connectivity index (χ3v) is 12.6. The molecule has 0 amide bonds. The first kappa shape index (κ1) is 23.5. The normalized spacial score (nSPS) is 24.6. The molecule has 0 radical (unpaired) electrons. The zero-order valence-corrected chi connectivity index (χ0v) is 22.1. The van der Waals surface area contributed by atoms with E-state index in [4.69, 9.17) is 12.5 Å². The third kappa shape index (κ3) is 3.96. The molecule has 0 saturated carbocycles. The minimum atomic E-state index is -1.59. The Hall–Kier alpha value is -2.26. The zero-order valence-electron chi connectivity index (χ0n) is 19.9. The van der Waals surface area contributed by atoms with Gasteiger partial charge in [0.15, 0.2) is 0 Å². The number of hydrogen-bond acceptors (Lipinski definition) is 5. The van der Waals surface area contributed by atoms with Crippen molar-refractivity contribution in [2.24, 2.45) is 11.3 Å². The van der Waals surface area contributed by atoms with Gasteiger partial charge in [-0.25, -0.2) is 4.39 Å². The molecule has 7 heteroatoms. The number of ether oxygens (including phenoxy) is 2. The number of Topliss-reactive ketones (excluding diaryl/α,β-unsaturated/α-hetero) is 1. The Kier molecular flexibility index (Phi) is 5.83. The second-order valence-electron chi connectivity index (χ2n) is 10.1. The van der Waals surface area contributed by atoms with Gasteiger partial charge < -0.3 is 0 Å². The molecular formula is C27H28FIO5. The molecule has 2 aliphatic heterocycles. The fourth-order valence-corrected chi connectivity index (χ4v) is 10.0. The quantitative estimate of drug-likeness (QED) is 0.241. The van der Waals surface area contributed by atoms with Crippen molar-refractivity contribution < 1.29 is 26.5 Å². The van der Waals surface area contributed by atoms with E-state index < -0.39 is 31.8 Å². The van der Waals surface area contributed by atoms with Gasteiger partial charge in [0.2, 0.25) is 0 Å². The van der Waals surface area contributed by atoms with Crippen LogP contribution in [-0.2, 0) is 17.4 Å². The number of hydrogen-bond donors (Lipinski definition) is 0. The molecule has 2 heterocycles. The maximum atomic E-state index is 13.6. The standard InChI is InChI=1S/C27H28FIO5/c1-14-12-18(32-17-8-6-16(28)7-9-17)13-15(2)20(14)22-23(30)25-21(19-10-11-29(19)34-25)24(22)33-26(31)27(3,4)5/h6-9,12-13,19,21,25H,10-11H2,1-5H3/t19?,21-,25-/m0/s1. The third-order valence-electron chi connectivity index (χ3n) is 6.48. The Morgan fingerprint density at radius 1 is 1.09 bits per heavy atom. The van der Waals surface area contributed by atoms with Gasteiger partial charge in [-0.2, -0.15) is 0 Å². The fraction of sp³-hybridized carbons (Fsp3) is 0.407. The molecule has 180 valence electrons. The molecule has 3 aliphatic rings. The van der Waals surface area contributed by atoms with E-state index in [0.29, 0.717) is 26.8 Å². The molecular weight excluding hydrogens is 550 g/mol. The molecule has 34 heavy (non-hydrogen) atoms. The van der Waals surface area contributed by atoms with Crippen LogP contribution in [0.15, 0.2) is 42.2 Å². The van der Waals surface area contributed by atoms with Gasteiger partial charge in [0.25, 0.3) is 0 Å². The Balaban J connectivity index is 1.56. The molecule has 1 unspecified atom stereocenters. The van der Waals surface area contributed by atoms with Crippen LogP contribution >= 0.6 is 20.2 Å². The summed E-state index contributed by atoms with van der Waals surface area (Å²) in [7, 11) is 0. The number of halogens is 2. The van der Waals surface area contributed by atoms with E-state index in [1.54, 1.807) is 12.1 Å². The first-order chi connectivity index (χ1) is 16.0. The molecule has 3 atom stereocenters. The number of carbonyl (C=O) groups is 2. The van der Waals surface area contributed by atoms with Gasteiger partial charge in [-0.15, -0.1) is 0 Å². The molecule has 0 bridgehead atoms. The van der Waals surface area contributed by atoms with Crippen molar-refractivity contribution in [3.63, 3.8) is 0 Å². The molecule has 5 nitrogen and oxygen atoms in total. The van der Waals surface area contributed by atoms with Crippen LogP contribution in [0.1, 0.15) is 43.9 Å². The van der Waals surface area contributed by atoms with Gasteiger partial charge in [-0.1, -0.05) is 0 Å². The van der Waals surface area contributed by atoms with E-state index in [1.807, 2.05) is 46.8 Å². The maximum absolute atomic E-state index is 13.6. The number of benzene rings is 2. The molecule has 0 spiro atoms. The van der Waals surface area contributed by atoms with E-state index in [-0.39, 0.29) is 23.5 Å². The van der Waals surface area contributed by atoms with E-state index in [2.05, 4.69) is 0 Å². The van der Waals surface area contributed by atoms with Crippen molar-refractivity contribution in [1.29, 1.82) is 0 Å². The summed E-state index contributed by atoms with van der Waals surface area (Å²) in [4.78, 5) is 26.6. The van der Waals surface area contributed by atoms with Gasteiger partial charge in [0.1, 0.15) is 5.82 Å². The fourth-order valence-electron chi connectivity index (χ4n) is 4.70. The van der Waals surface area contributed by atoms with E-state index in [9.17, 15) is 14.0 Å². The van der Waals surface area contributed by atoms with Crippen LogP contribution in [-0.4, -0.2) is 26.2 Å². The van der Waals surface area contributed by atoms with Crippen molar-refractivity contribution in [3.8, 4) is 11.5 Å². The first-order valence-electron chi connectivity index (χ1n) is 11.4. The van der Waals surface area contributed by atoms with Gasteiger partial charge in [0.05, 0.1) is 0 Å². The number of rotatable bonds is 4. The van der Waals surface area contributed by atoms with Crippen molar-refractivity contribution in [1.82, 2.24) is 0 Å². The van der Waals surface area contributed by atoms with Gasteiger partial charge in [-0.3, -0.25) is 0 Å². The Morgan fingerprint density at radius 2 is 1.74 bits per heavy atom. The Labute approximate surface area is 206 Å². The number of alkyl halides is 2. The summed E-state index contributed by atoms with van der Waals surface area (Å²) in [6.45, 7) is 9.28. The predicted molar refractivity (Wildman–Crippen MR) is 136 cm³/mol. The van der Waals surface area contributed by atoms with Crippen LogP contribution in [0.4, 0.5) is 4.39 Å². The summed E-state index contributed by atoms with van der Waals surface area (Å²) >= 11 is -1.59. The van der Waals surface area contributed by atoms with Crippen LogP contribution in [0.2, 0.25) is 0 Å². The van der Waals surface area contributed by atoms with E-state index in [1.165, 1.54) is 12.1 Å². The number of carbonyl (C=O) groups excluding carboxylic acids is 2.